The quantitative estimate of drug-likeness (QED) is 0.899. The minimum Gasteiger partial charge on any atom is -0.478 e. The summed E-state index contributed by atoms with van der Waals surface area (Å²) in [4.78, 5) is 23.3. The Kier molecular flexibility index (Phi) is 4.07. The predicted octanol–water partition coefficient (Wildman–Crippen LogP) is 1.92. The topological polar surface area (TPSA) is 84.2 Å². The maximum Gasteiger partial charge on any atom is 0.339 e. The van der Waals surface area contributed by atoms with Crippen molar-refractivity contribution in [2.75, 3.05) is 0 Å². The first kappa shape index (κ1) is 14.8. The Morgan fingerprint density at radius 3 is 2.48 bits per heavy atom. The summed E-state index contributed by atoms with van der Waals surface area (Å²) in [5.74, 6) is -1.67. The molecule has 0 aliphatic rings. The minimum atomic E-state index is -1.17. The first-order chi connectivity index (χ1) is 9.88. The summed E-state index contributed by atoms with van der Waals surface area (Å²) < 4.78 is 1.31. The average Bonchev–Trinajstić information content (AvgIpc) is 2.82. The highest BCUT2D eigenvalue weighted by Gasteiger charge is 2.22. The lowest BCUT2D eigenvalue weighted by molar-refractivity contribution is 0.0690. The van der Waals surface area contributed by atoms with Gasteiger partial charge in [-0.1, -0.05) is 29.8 Å². The largest absolute Gasteiger partial charge is 0.478 e. The first-order valence-corrected chi connectivity index (χ1v) is 6.53. The zero-order valence-electron chi connectivity index (χ0n) is 12.1. The van der Waals surface area contributed by atoms with Crippen LogP contribution in [0.25, 0.3) is 0 Å². The van der Waals surface area contributed by atoms with Crippen LogP contribution >= 0.6 is 0 Å². The number of benzene rings is 1. The molecule has 0 fully saturated rings. The fourth-order valence-electron chi connectivity index (χ4n) is 2.02. The Bertz CT molecular complexity index is 674. The van der Waals surface area contributed by atoms with E-state index in [0.717, 1.165) is 11.1 Å². The molecule has 21 heavy (non-hydrogen) atoms. The molecule has 0 spiro atoms. The van der Waals surface area contributed by atoms with Crippen molar-refractivity contribution in [3.05, 3.63) is 52.8 Å². The zero-order valence-corrected chi connectivity index (χ0v) is 12.1. The van der Waals surface area contributed by atoms with Crippen molar-refractivity contribution in [1.82, 2.24) is 15.1 Å². The molecule has 1 atom stereocenters. The van der Waals surface area contributed by atoms with Gasteiger partial charge in [0.15, 0.2) is 5.69 Å². The third kappa shape index (κ3) is 3.28. The SMILES string of the molecule is Cc1ccc(C(C)NC(=O)c2nn(C)cc2C(=O)O)cc1. The van der Waals surface area contributed by atoms with Gasteiger partial charge in [0.05, 0.1) is 6.04 Å². The van der Waals surface area contributed by atoms with Gasteiger partial charge in [-0.2, -0.15) is 5.10 Å². The maximum atomic E-state index is 12.2. The van der Waals surface area contributed by atoms with Crippen LogP contribution in [0.15, 0.2) is 30.5 Å². The zero-order chi connectivity index (χ0) is 15.6. The van der Waals surface area contributed by atoms with Crippen molar-refractivity contribution in [3.63, 3.8) is 0 Å². The van der Waals surface area contributed by atoms with E-state index < -0.39 is 11.9 Å². The molecule has 0 radical (unpaired) electrons. The van der Waals surface area contributed by atoms with Crippen molar-refractivity contribution in [1.29, 1.82) is 0 Å². The molecule has 0 aliphatic heterocycles. The standard InChI is InChI=1S/C15H17N3O3/c1-9-4-6-11(7-5-9)10(2)16-14(19)13-12(15(20)21)8-18(3)17-13/h4-8,10H,1-3H3,(H,16,19)(H,20,21). The molecule has 0 saturated carbocycles. The lowest BCUT2D eigenvalue weighted by atomic mass is 10.1. The number of aromatic nitrogens is 2. The maximum absolute atomic E-state index is 12.2. The smallest absolute Gasteiger partial charge is 0.339 e. The molecule has 1 heterocycles. The van der Waals surface area contributed by atoms with E-state index >= 15 is 0 Å². The number of rotatable bonds is 4. The van der Waals surface area contributed by atoms with Gasteiger partial charge in [-0.25, -0.2) is 4.79 Å². The lowest BCUT2D eigenvalue weighted by Crippen LogP contribution is -2.28. The normalized spacial score (nSPS) is 12.0. The van der Waals surface area contributed by atoms with E-state index in [-0.39, 0.29) is 17.3 Å². The first-order valence-electron chi connectivity index (χ1n) is 6.53. The molecular formula is C15H17N3O3. The number of carboxylic acid groups (broad SMARTS) is 1. The number of hydrogen-bond acceptors (Lipinski definition) is 3. The number of aryl methyl sites for hydroxylation is 2. The van der Waals surface area contributed by atoms with E-state index in [0.29, 0.717) is 0 Å². The van der Waals surface area contributed by atoms with Crippen LogP contribution in [0, 0.1) is 6.92 Å². The van der Waals surface area contributed by atoms with E-state index in [1.165, 1.54) is 10.9 Å². The number of carboxylic acids is 1. The Morgan fingerprint density at radius 1 is 1.29 bits per heavy atom. The second kappa shape index (κ2) is 5.78. The third-order valence-corrected chi connectivity index (χ3v) is 3.20. The number of nitrogens with zero attached hydrogens (tertiary/aromatic N) is 2. The number of carbonyl (C=O) groups is 2. The Morgan fingerprint density at radius 2 is 1.90 bits per heavy atom. The monoisotopic (exact) mass is 287 g/mol. The van der Waals surface area contributed by atoms with Gasteiger partial charge in [0.2, 0.25) is 0 Å². The average molecular weight is 287 g/mol. The fourth-order valence-corrected chi connectivity index (χ4v) is 2.02. The summed E-state index contributed by atoms with van der Waals surface area (Å²) >= 11 is 0. The van der Waals surface area contributed by atoms with Gasteiger partial charge >= 0.3 is 5.97 Å². The van der Waals surface area contributed by atoms with Gasteiger partial charge in [-0.15, -0.1) is 0 Å². The second-order valence-electron chi connectivity index (χ2n) is 4.98. The van der Waals surface area contributed by atoms with E-state index in [2.05, 4.69) is 10.4 Å². The molecule has 1 aromatic heterocycles. The Labute approximate surface area is 122 Å². The molecule has 6 nitrogen and oxygen atoms in total. The van der Waals surface area contributed by atoms with Crippen LogP contribution in [0.2, 0.25) is 0 Å². The van der Waals surface area contributed by atoms with Crippen LogP contribution in [-0.2, 0) is 7.05 Å². The van der Waals surface area contributed by atoms with Gasteiger partial charge in [0.1, 0.15) is 5.56 Å². The van der Waals surface area contributed by atoms with Crippen LogP contribution < -0.4 is 5.32 Å². The molecule has 1 amide bonds. The summed E-state index contributed by atoms with van der Waals surface area (Å²) in [6, 6.07) is 7.54. The molecule has 2 rings (SSSR count). The van der Waals surface area contributed by atoms with Crippen molar-refractivity contribution < 1.29 is 14.7 Å². The number of amides is 1. The van der Waals surface area contributed by atoms with Crippen LogP contribution in [0.3, 0.4) is 0 Å². The van der Waals surface area contributed by atoms with Gasteiger partial charge in [0.25, 0.3) is 5.91 Å². The van der Waals surface area contributed by atoms with E-state index in [9.17, 15) is 9.59 Å². The van der Waals surface area contributed by atoms with Gasteiger partial charge in [0, 0.05) is 13.2 Å². The molecule has 0 aliphatic carbocycles. The van der Waals surface area contributed by atoms with Crippen molar-refractivity contribution in [2.24, 2.45) is 7.05 Å². The second-order valence-corrected chi connectivity index (χ2v) is 4.98. The summed E-state index contributed by atoms with van der Waals surface area (Å²) in [6.45, 7) is 3.83. The summed E-state index contributed by atoms with van der Waals surface area (Å²) in [6.07, 6.45) is 1.31. The number of nitrogens with one attached hydrogen (secondary N) is 1. The fraction of sp³-hybridized carbons (Fsp3) is 0.267. The highest BCUT2D eigenvalue weighted by Crippen LogP contribution is 2.15. The highest BCUT2D eigenvalue weighted by molar-refractivity contribution is 6.03. The molecule has 6 heteroatoms. The van der Waals surface area contributed by atoms with Gasteiger partial charge in [-0.3, -0.25) is 9.48 Å². The van der Waals surface area contributed by atoms with Crippen molar-refractivity contribution in [3.8, 4) is 0 Å². The molecule has 1 unspecified atom stereocenters. The predicted molar refractivity (Wildman–Crippen MR) is 77.2 cm³/mol. The third-order valence-electron chi connectivity index (χ3n) is 3.20. The Hall–Kier alpha value is -2.63. The van der Waals surface area contributed by atoms with Gasteiger partial charge < -0.3 is 10.4 Å². The minimum absolute atomic E-state index is 0.0797. The molecule has 0 saturated heterocycles. The van der Waals surface area contributed by atoms with Crippen molar-refractivity contribution in [2.45, 2.75) is 19.9 Å². The van der Waals surface area contributed by atoms with Crippen LogP contribution in [-0.4, -0.2) is 26.8 Å². The summed E-state index contributed by atoms with van der Waals surface area (Å²) in [5, 5.41) is 15.8. The van der Waals surface area contributed by atoms with E-state index in [1.54, 1.807) is 7.05 Å². The summed E-state index contributed by atoms with van der Waals surface area (Å²) in [5.41, 5.74) is 1.90. The van der Waals surface area contributed by atoms with Crippen LogP contribution in [0.1, 0.15) is 44.9 Å². The molecular weight excluding hydrogens is 270 g/mol. The number of aromatic carboxylic acids is 1. The molecule has 1 aromatic carbocycles. The molecule has 2 N–H and O–H groups in total. The van der Waals surface area contributed by atoms with E-state index in [1.807, 2.05) is 38.1 Å². The van der Waals surface area contributed by atoms with Gasteiger partial charge in [-0.05, 0) is 19.4 Å². The lowest BCUT2D eigenvalue weighted by Gasteiger charge is -2.14. The number of hydrogen-bond donors (Lipinski definition) is 2. The van der Waals surface area contributed by atoms with Crippen LogP contribution in [0.5, 0.6) is 0 Å². The van der Waals surface area contributed by atoms with E-state index in [4.69, 9.17) is 5.11 Å². The molecule has 110 valence electrons. The molecule has 2 aromatic rings. The molecule has 0 bridgehead atoms. The Balaban J connectivity index is 2.18. The van der Waals surface area contributed by atoms with Crippen LogP contribution in [0.4, 0.5) is 0 Å². The number of carbonyl (C=O) groups excluding carboxylic acids is 1. The summed E-state index contributed by atoms with van der Waals surface area (Å²) in [7, 11) is 1.58. The van der Waals surface area contributed by atoms with Crippen molar-refractivity contribution >= 4 is 11.9 Å². The highest BCUT2D eigenvalue weighted by atomic mass is 16.4.